The summed E-state index contributed by atoms with van der Waals surface area (Å²) < 4.78 is 10.4. The molecule has 0 fully saturated rings. The number of thiocarbonyl (C=S) groups is 1. The number of carbonyl (C=O) groups excluding carboxylic acids is 1. The minimum atomic E-state index is -0.344. The molecule has 0 unspecified atom stereocenters. The van der Waals surface area contributed by atoms with Gasteiger partial charge in [0.1, 0.15) is 0 Å². The second kappa shape index (κ2) is 11.5. The van der Waals surface area contributed by atoms with E-state index in [1.54, 1.807) is 18.2 Å². The number of methoxy groups -OCH3 is 2. The van der Waals surface area contributed by atoms with Crippen LogP contribution in [0.3, 0.4) is 0 Å². The zero-order valence-corrected chi connectivity index (χ0v) is 16.2. The Kier molecular flexibility index (Phi) is 9.72. The molecule has 25 heavy (non-hydrogen) atoms. The van der Waals surface area contributed by atoms with E-state index in [1.807, 2.05) is 0 Å². The molecule has 0 aliphatic carbocycles. The van der Waals surface area contributed by atoms with Crippen LogP contribution in [0.25, 0.3) is 6.08 Å². The van der Waals surface area contributed by atoms with E-state index in [4.69, 9.17) is 33.3 Å². The van der Waals surface area contributed by atoms with Crippen LogP contribution in [0.1, 0.15) is 31.7 Å². The van der Waals surface area contributed by atoms with Gasteiger partial charge in [0.15, 0.2) is 16.6 Å². The second-order valence-electron chi connectivity index (χ2n) is 5.15. The zero-order valence-electron chi connectivity index (χ0n) is 14.6. The van der Waals surface area contributed by atoms with E-state index in [-0.39, 0.29) is 5.91 Å². The van der Waals surface area contributed by atoms with Crippen LogP contribution in [-0.4, -0.2) is 31.8 Å². The minimum Gasteiger partial charge on any atom is -0.493 e. The number of hydrazine groups is 1. The molecule has 0 radical (unpaired) electrons. The van der Waals surface area contributed by atoms with Crippen molar-refractivity contribution >= 4 is 40.9 Å². The third-order valence-electron chi connectivity index (χ3n) is 3.25. The van der Waals surface area contributed by atoms with Crippen molar-refractivity contribution in [1.82, 2.24) is 16.2 Å². The second-order valence-corrected chi connectivity index (χ2v) is 5.96. The normalized spacial score (nSPS) is 10.4. The first-order valence-electron chi connectivity index (χ1n) is 7.95. The van der Waals surface area contributed by atoms with Crippen LogP contribution in [0.4, 0.5) is 0 Å². The van der Waals surface area contributed by atoms with Crippen molar-refractivity contribution in [2.24, 2.45) is 0 Å². The van der Waals surface area contributed by atoms with Crippen molar-refractivity contribution in [3.63, 3.8) is 0 Å². The number of rotatable bonds is 8. The molecule has 0 spiro atoms. The number of ether oxygens (including phenoxy) is 2. The summed E-state index contributed by atoms with van der Waals surface area (Å²) in [5.41, 5.74) is 5.84. The van der Waals surface area contributed by atoms with Crippen LogP contribution < -0.4 is 25.6 Å². The topological polar surface area (TPSA) is 71.6 Å². The Morgan fingerprint density at radius 2 is 2.00 bits per heavy atom. The van der Waals surface area contributed by atoms with E-state index in [1.165, 1.54) is 20.3 Å². The average Bonchev–Trinajstić information content (AvgIpc) is 2.61. The summed E-state index contributed by atoms with van der Waals surface area (Å²) in [6.07, 6.45) is 6.29. The van der Waals surface area contributed by atoms with Gasteiger partial charge in [-0.3, -0.25) is 15.6 Å². The van der Waals surface area contributed by atoms with Crippen LogP contribution in [0, 0.1) is 0 Å². The van der Waals surface area contributed by atoms with Gasteiger partial charge in [0.2, 0.25) is 0 Å². The molecule has 8 heteroatoms. The number of amides is 1. The molecule has 1 amide bonds. The third kappa shape index (κ3) is 7.62. The molecule has 0 aliphatic heterocycles. The fourth-order valence-corrected chi connectivity index (χ4v) is 2.44. The first-order chi connectivity index (χ1) is 12.0. The summed E-state index contributed by atoms with van der Waals surface area (Å²) in [6.45, 7) is 2.91. The van der Waals surface area contributed by atoms with Gasteiger partial charge in [-0.2, -0.15) is 0 Å². The number of carbonyl (C=O) groups is 1. The summed E-state index contributed by atoms with van der Waals surface area (Å²) in [5.74, 6) is 0.598. The number of hydrogen-bond acceptors (Lipinski definition) is 4. The van der Waals surface area contributed by atoms with Crippen molar-refractivity contribution in [2.45, 2.75) is 26.2 Å². The predicted molar refractivity (Wildman–Crippen MR) is 105 cm³/mol. The Morgan fingerprint density at radius 1 is 1.24 bits per heavy atom. The van der Waals surface area contributed by atoms with Crippen molar-refractivity contribution in [1.29, 1.82) is 0 Å². The lowest BCUT2D eigenvalue weighted by Crippen LogP contribution is -2.46. The molecule has 1 rings (SSSR count). The molecule has 0 atom stereocenters. The molecule has 0 saturated carbocycles. The van der Waals surface area contributed by atoms with Crippen LogP contribution in [-0.2, 0) is 4.79 Å². The fraction of sp³-hybridized carbons (Fsp3) is 0.412. The highest BCUT2D eigenvalue weighted by molar-refractivity contribution is 7.80. The van der Waals surface area contributed by atoms with Gasteiger partial charge >= 0.3 is 0 Å². The number of unbranched alkanes of at least 4 members (excludes halogenated alkanes) is 2. The molecule has 3 N–H and O–H groups in total. The molecule has 0 saturated heterocycles. The maximum atomic E-state index is 11.8. The standard InChI is InChI=1S/C17H24ClN3O3S/c1-4-5-6-9-19-17(25)21-20-15(22)8-7-12-10-13(18)16(24-3)14(11-12)23-2/h7-8,10-11H,4-6,9H2,1-3H3,(H,20,22)(H2,19,21,25)/b8-7+. The Labute approximate surface area is 158 Å². The SMILES string of the molecule is CCCCCNC(=S)NNC(=O)/C=C/c1cc(Cl)c(OC)c(OC)c1. The van der Waals surface area contributed by atoms with Crippen molar-refractivity contribution < 1.29 is 14.3 Å². The van der Waals surface area contributed by atoms with Crippen molar-refractivity contribution in [3.8, 4) is 11.5 Å². The first-order valence-corrected chi connectivity index (χ1v) is 8.73. The number of halogens is 1. The Balaban J connectivity index is 2.51. The molecule has 6 nitrogen and oxygen atoms in total. The molecular formula is C17H24ClN3O3S. The molecule has 138 valence electrons. The van der Waals surface area contributed by atoms with Gasteiger partial charge in [0, 0.05) is 12.6 Å². The Morgan fingerprint density at radius 3 is 2.64 bits per heavy atom. The molecular weight excluding hydrogens is 362 g/mol. The Bertz CT molecular complexity index is 623. The van der Waals surface area contributed by atoms with E-state index in [0.717, 1.165) is 25.8 Å². The largest absolute Gasteiger partial charge is 0.493 e. The van der Waals surface area contributed by atoms with Crippen LogP contribution >= 0.6 is 23.8 Å². The van der Waals surface area contributed by atoms with Gasteiger partial charge in [0.25, 0.3) is 5.91 Å². The predicted octanol–water partition coefficient (Wildman–Crippen LogP) is 3.06. The van der Waals surface area contributed by atoms with E-state index in [2.05, 4.69) is 23.1 Å². The number of hydrogen-bond donors (Lipinski definition) is 3. The van der Waals surface area contributed by atoms with Gasteiger partial charge in [-0.1, -0.05) is 31.4 Å². The van der Waals surface area contributed by atoms with E-state index in [0.29, 0.717) is 27.2 Å². The molecule has 1 aromatic carbocycles. The van der Waals surface area contributed by atoms with Crippen LogP contribution in [0.5, 0.6) is 11.5 Å². The summed E-state index contributed by atoms with van der Waals surface area (Å²) >= 11 is 11.2. The summed E-state index contributed by atoms with van der Waals surface area (Å²) in [7, 11) is 3.03. The lowest BCUT2D eigenvalue weighted by molar-refractivity contribution is -0.116. The summed E-state index contributed by atoms with van der Waals surface area (Å²) in [5, 5.41) is 3.80. The lowest BCUT2D eigenvalue weighted by atomic mass is 10.2. The fourth-order valence-electron chi connectivity index (χ4n) is 1.99. The highest BCUT2D eigenvalue weighted by atomic mass is 35.5. The monoisotopic (exact) mass is 385 g/mol. The van der Waals surface area contributed by atoms with Gasteiger partial charge in [-0.05, 0) is 42.4 Å². The number of nitrogens with one attached hydrogen (secondary N) is 3. The molecule has 1 aromatic rings. The summed E-state index contributed by atoms with van der Waals surface area (Å²) in [6, 6.07) is 3.40. The maximum Gasteiger partial charge on any atom is 0.262 e. The minimum absolute atomic E-state index is 0.344. The van der Waals surface area contributed by atoms with Crippen molar-refractivity contribution in [3.05, 3.63) is 28.8 Å². The van der Waals surface area contributed by atoms with Gasteiger partial charge in [0.05, 0.1) is 19.2 Å². The molecule has 0 bridgehead atoms. The van der Waals surface area contributed by atoms with Crippen LogP contribution in [0.15, 0.2) is 18.2 Å². The quantitative estimate of drug-likeness (QED) is 0.276. The summed E-state index contributed by atoms with van der Waals surface area (Å²) in [4.78, 5) is 11.8. The highest BCUT2D eigenvalue weighted by Gasteiger charge is 2.09. The van der Waals surface area contributed by atoms with Gasteiger partial charge in [-0.25, -0.2) is 0 Å². The molecule has 0 aromatic heterocycles. The Hall–Kier alpha value is -1.99. The van der Waals surface area contributed by atoms with E-state index < -0.39 is 0 Å². The van der Waals surface area contributed by atoms with E-state index in [9.17, 15) is 4.79 Å². The van der Waals surface area contributed by atoms with Crippen LogP contribution in [0.2, 0.25) is 5.02 Å². The van der Waals surface area contributed by atoms with Crippen molar-refractivity contribution in [2.75, 3.05) is 20.8 Å². The van der Waals surface area contributed by atoms with Gasteiger partial charge in [-0.15, -0.1) is 0 Å². The average molecular weight is 386 g/mol. The first kappa shape index (κ1) is 21.1. The smallest absolute Gasteiger partial charge is 0.262 e. The zero-order chi connectivity index (χ0) is 18.7. The molecule has 0 aliphatic rings. The molecule has 0 heterocycles. The third-order valence-corrected chi connectivity index (χ3v) is 3.78. The number of benzene rings is 1. The van der Waals surface area contributed by atoms with Gasteiger partial charge < -0.3 is 14.8 Å². The van der Waals surface area contributed by atoms with E-state index >= 15 is 0 Å². The maximum absolute atomic E-state index is 11.8. The lowest BCUT2D eigenvalue weighted by Gasteiger charge is -2.11. The highest BCUT2D eigenvalue weighted by Crippen LogP contribution is 2.36.